The summed E-state index contributed by atoms with van der Waals surface area (Å²) in [5, 5.41) is 23.2. The van der Waals surface area contributed by atoms with Crippen molar-refractivity contribution in [3.63, 3.8) is 0 Å². The summed E-state index contributed by atoms with van der Waals surface area (Å²) >= 11 is 7.13. The van der Waals surface area contributed by atoms with Gasteiger partial charge in [0, 0.05) is 54.5 Å². The highest BCUT2D eigenvalue weighted by Gasteiger charge is 2.39. The van der Waals surface area contributed by atoms with Crippen molar-refractivity contribution >= 4 is 17.6 Å². The van der Waals surface area contributed by atoms with Gasteiger partial charge in [0.15, 0.2) is 0 Å². The van der Waals surface area contributed by atoms with E-state index >= 15 is 0 Å². The van der Waals surface area contributed by atoms with Crippen LogP contribution in [-0.2, 0) is 36.9 Å². The molecule has 53 heavy (non-hydrogen) atoms. The maximum Gasteiger partial charge on any atom is 0.418 e. The van der Waals surface area contributed by atoms with Gasteiger partial charge in [-0.15, -0.1) is 0 Å². The molecule has 2 aromatic heterocycles. The van der Waals surface area contributed by atoms with Crippen LogP contribution in [0.2, 0.25) is 5.02 Å². The van der Waals surface area contributed by atoms with Crippen molar-refractivity contribution in [2.75, 3.05) is 27.3 Å². The summed E-state index contributed by atoms with van der Waals surface area (Å²) in [6, 6.07) is 16.9. The van der Waals surface area contributed by atoms with Crippen molar-refractivity contribution < 1.29 is 37.7 Å². The summed E-state index contributed by atoms with van der Waals surface area (Å²) in [4.78, 5) is 22.2. The molecule has 0 bridgehead atoms. The lowest BCUT2D eigenvalue weighted by atomic mass is 9.77. The lowest BCUT2D eigenvalue weighted by Gasteiger charge is -2.41. The molecule has 1 aliphatic heterocycles. The zero-order chi connectivity index (χ0) is 37.7. The number of ether oxygens (including phenoxy) is 2. The van der Waals surface area contributed by atoms with Crippen molar-refractivity contribution in [3.05, 3.63) is 93.1 Å². The molecule has 2 fully saturated rings. The number of hydrogen-bond acceptors (Lipinski definition) is 8. The number of carboxylic acids is 1. The number of benzene rings is 2. The van der Waals surface area contributed by atoms with E-state index in [9.17, 15) is 28.2 Å². The molecule has 280 valence electrons. The first-order valence-electron chi connectivity index (χ1n) is 17.7. The first-order valence-corrected chi connectivity index (χ1v) is 18.1. The molecule has 3 heterocycles. The van der Waals surface area contributed by atoms with Crippen LogP contribution in [0.1, 0.15) is 65.6 Å². The van der Waals surface area contributed by atoms with Crippen molar-refractivity contribution in [2.24, 2.45) is 5.92 Å². The molecular formula is C40H42ClF3N4O5. The van der Waals surface area contributed by atoms with Crippen LogP contribution in [0.5, 0.6) is 11.8 Å². The Morgan fingerprint density at radius 1 is 1.00 bits per heavy atom. The van der Waals surface area contributed by atoms with Gasteiger partial charge in [-0.25, -0.2) is 9.97 Å². The van der Waals surface area contributed by atoms with Crippen LogP contribution in [-0.4, -0.2) is 70.0 Å². The molecule has 0 unspecified atom stereocenters. The van der Waals surface area contributed by atoms with E-state index in [1.54, 1.807) is 12.0 Å². The fourth-order valence-corrected chi connectivity index (χ4v) is 8.39. The van der Waals surface area contributed by atoms with Crippen molar-refractivity contribution in [1.29, 1.82) is 0 Å². The lowest BCUT2D eigenvalue weighted by molar-refractivity contribution is -0.147. The Hall–Kier alpha value is -4.23. The van der Waals surface area contributed by atoms with Crippen LogP contribution in [0.25, 0.3) is 22.4 Å². The van der Waals surface area contributed by atoms with Gasteiger partial charge in [-0.05, 0) is 73.8 Å². The molecule has 3 N–H and O–H groups in total. The van der Waals surface area contributed by atoms with Gasteiger partial charge >= 0.3 is 12.1 Å². The van der Waals surface area contributed by atoms with Gasteiger partial charge in [0.1, 0.15) is 0 Å². The van der Waals surface area contributed by atoms with Gasteiger partial charge in [-0.3, -0.25) is 9.69 Å². The number of fused-ring (bicyclic) bond motifs is 1. The third kappa shape index (κ3) is 7.60. The second-order valence-corrected chi connectivity index (χ2v) is 15.1. The second-order valence-electron chi connectivity index (χ2n) is 14.7. The fourth-order valence-electron chi connectivity index (χ4n) is 8.07. The van der Waals surface area contributed by atoms with Crippen LogP contribution < -0.4 is 14.8 Å². The number of alkyl halides is 3. The van der Waals surface area contributed by atoms with E-state index in [1.165, 1.54) is 7.11 Å². The zero-order valence-electron chi connectivity index (χ0n) is 29.8. The Labute approximate surface area is 311 Å². The lowest BCUT2D eigenvalue weighted by Crippen LogP contribution is -2.51. The van der Waals surface area contributed by atoms with Gasteiger partial charge in [0.05, 0.1) is 47.7 Å². The maximum atomic E-state index is 14.5. The number of hydrogen-bond donors (Lipinski definition) is 3. The molecule has 3 aliphatic rings. The quantitative estimate of drug-likeness (QED) is 0.137. The number of methoxy groups -OCH3 is 2. The largest absolute Gasteiger partial charge is 0.481 e. The summed E-state index contributed by atoms with van der Waals surface area (Å²) < 4.78 is 54.7. The summed E-state index contributed by atoms with van der Waals surface area (Å²) in [5.74, 6) is -1.06. The van der Waals surface area contributed by atoms with E-state index in [1.807, 2.05) is 55.5 Å². The number of carboxylic acid groups (broad SMARTS) is 1. The Morgan fingerprint density at radius 2 is 1.68 bits per heavy atom. The third-order valence-corrected chi connectivity index (χ3v) is 11.2. The maximum absolute atomic E-state index is 14.5. The second kappa shape index (κ2) is 14.5. The highest BCUT2D eigenvalue weighted by molar-refractivity contribution is 6.36. The minimum absolute atomic E-state index is 0.0749. The molecule has 13 heteroatoms. The van der Waals surface area contributed by atoms with Gasteiger partial charge in [-0.2, -0.15) is 13.2 Å². The van der Waals surface area contributed by atoms with Crippen LogP contribution in [0.4, 0.5) is 13.2 Å². The van der Waals surface area contributed by atoms with E-state index in [-0.39, 0.29) is 55.2 Å². The summed E-state index contributed by atoms with van der Waals surface area (Å²) in [7, 11) is 2.96. The molecule has 0 amide bonds. The molecule has 0 spiro atoms. The predicted octanol–water partition coefficient (Wildman–Crippen LogP) is 7.29. The molecule has 9 nitrogen and oxygen atoms in total. The van der Waals surface area contributed by atoms with Gasteiger partial charge < -0.3 is 25.0 Å². The van der Waals surface area contributed by atoms with Gasteiger partial charge in [0.25, 0.3) is 0 Å². The van der Waals surface area contributed by atoms with Crippen molar-refractivity contribution in [3.8, 4) is 34.1 Å². The summed E-state index contributed by atoms with van der Waals surface area (Å²) in [6.45, 7) is 3.02. The van der Waals surface area contributed by atoms with E-state index in [4.69, 9.17) is 26.1 Å². The number of halogens is 4. The number of aromatic nitrogens is 2. The number of nitrogens with zero attached hydrogens (tertiary/aromatic N) is 3. The Kier molecular flexibility index (Phi) is 10.2. The minimum atomic E-state index is -4.64. The van der Waals surface area contributed by atoms with Crippen LogP contribution in [0.15, 0.2) is 54.6 Å². The predicted molar refractivity (Wildman–Crippen MR) is 194 cm³/mol. The Balaban J connectivity index is 1.13. The zero-order valence-corrected chi connectivity index (χ0v) is 30.5. The Morgan fingerprint density at radius 3 is 2.36 bits per heavy atom. The first-order chi connectivity index (χ1) is 25.2. The van der Waals surface area contributed by atoms with Gasteiger partial charge in [-0.1, -0.05) is 54.1 Å². The summed E-state index contributed by atoms with van der Waals surface area (Å²) in [6.07, 6.45) is -1.87. The smallest absolute Gasteiger partial charge is 0.418 e. The number of aliphatic carboxylic acids is 1. The number of rotatable bonds is 12. The first kappa shape index (κ1) is 37.1. The highest BCUT2D eigenvalue weighted by atomic mass is 35.5. The number of likely N-dealkylation sites (tertiary alicyclic amines) is 1. The molecule has 7 rings (SSSR count). The average molecular weight is 751 g/mol. The van der Waals surface area contributed by atoms with Crippen LogP contribution in [0, 0.1) is 5.92 Å². The van der Waals surface area contributed by atoms with Crippen LogP contribution >= 0.6 is 11.6 Å². The van der Waals surface area contributed by atoms with Crippen molar-refractivity contribution in [2.45, 2.75) is 75.9 Å². The Bertz CT molecular complexity index is 2030. The van der Waals surface area contributed by atoms with E-state index < -0.39 is 29.2 Å². The average Bonchev–Trinajstić information content (AvgIpc) is 3.50. The molecule has 2 aliphatic carbocycles. The molecular weight excluding hydrogens is 709 g/mol. The topological polar surface area (TPSA) is 117 Å². The van der Waals surface area contributed by atoms with Crippen molar-refractivity contribution in [1.82, 2.24) is 20.2 Å². The molecule has 1 atom stereocenters. The normalized spacial score (nSPS) is 21.5. The fraction of sp³-hybridized carbons (Fsp3) is 0.425. The van der Waals surface area contributed by atoms with E-state index in [0.717, 1.165) is 39.4 Å². The number of nitrogens with one attached hydrogen (secondary N) is 1. The number of carbonyl (C=O) groups is 1. The molecule has 2 aromatic carbocycles. The van der Waals surface area contributed by atoms with E-state index in [0.29, 0.717) is 48.8 Å². The monoisotopic (exact) mass is 750 g/mol. The standard InChI is InChI=1S/C40H42ClF3N4O5/c1-39(51)16-26(17-39)45-18-23-11-13-33(46-36(23)52-2)31-9-5-8-30(35(31)41)28-7-4-6-27-22(10-12-29(27)28)15-34-32(40(42,43)44)14-24(37(47-34)53-3)19-48-20-25(21-48)38(49)50/h4-9,11,13-14,22,25-26,45,51H,10,12,15-21H2,1-3H3,(H,49,50)/t22-,26?,39?/m1/s1. The number of pyridine rings is 2. The third-order valence-electron chi connectivity index (χ3n) is 10.8. The van der Waals surface area contributed by atoms with E-state index in [2.05, 4.69) is 10.3 Å². The SMILES string of the molecule is COc1nc(-c2cccc(-c3cccc4c3CC[C@@H]4Cc3nc(OC)c(CN4CC(C(=O)O)C4)cc3C(F)(F)F)c2Cl)ccc1CNC1CC(C)(O)C1. The minimum Gasteiger partial charge on any atom is -0.481 e. The molecule has 4 aromatic rings. The molecule has 1 saturated carbocycles. The molecule has 1 saturated heterocycles. The number of aliphatic hydroxyl groups is 1. The van der Waals surface area contributed by atoms with Crippen LogP contribution in [0.3, 0.4) is 0 Å². The van der Waals surface area contributed by atoms with Gasteiger partial charge in [0.2, 0.25) is 11.8 Å². The summed E-state index contributed by atoms with van der Waals surface area (Å²) in [5.41, 5.74) is 4.78. The highest BCUT2D eigenvalue weighted by Crippen LogP contribution is 2.46. The molecule has 0 radical (unpaired) electrons.